The Hall–Kier alpha value is -1.48. The first-order chi connectivity index (χ1) is 12.3. The number of thiazole rings is 1. The highest BCUT2D eigenvalue weighted by Gasteiger charge is 2.24. The summed E-state index contributed by atoms with van der Waals surface area (Å²) in [5.74, 6) is 0.146. The van der Waals surface area contributed by atoms with Crippen molar-refractivity contribution in [1.29, 1.82) is 0 Å². The van der Waals surface area contributed by atoms with Crippen LogP contribution in [0.1, 0.15) is 16.1 Å². The Morgan fingerprint density at radius 3 is 2.64 bits per heavy atom. The maximum absolute atomic E-state index is 12.4. The molecule has 2 fully saturated rings. The molecule has 0 unspecified atom stereocenters. The summed E-state index contributed by atoms with van der Waals surface area (Å²) in [7, 11) is 0. The summed E-state index contributed by atoms with van der Waals surface area (Å²) in [5.41, 5.74) is 1.94. The Morgan fingerprint density at radius 1 is 1.12 bits per heavy atom. The predicted molar refractivity (Wildman–Crippen MR) is 101 cm³/mol. The molecule has 25 heavy (non-hydrogen) atoms. The first-order valence-electron chi connectivity index (χ1n) is 8.60. The van der Waals surface area contributed by atoms with Crippen molar-refractivity contribution in [3.05, 3.63) is 33.5 Å². The molecule has 1 amide bonds. The molecule has 134 valence electrons. The normalized spacial score (nSPS) is 19.4. The lowest BCUT2D eigenvalue weighted by Gasteiger charge is -2.34. The number of anilines is 1. The van der Waals surface area contributed by atoms with Crippen LogP contribution in [0.3, 0.4) is 0 Å². The molecule has 0 bridgehead atoms. The van der Waals surface area contributed by atoms with E-state index in [0.29, 0.717) is 0 Å². The fourth-order valence-corrected chi connectivity index (χ4v) is 4.67. The van der Waals surface area contributed by atoms with Crippen LogP contribution >= 0.6 is 22.7 Å². The van der Waals surface area contributed by atoms with Crippen LogP contribution in [0.15, 0.2) is 22.2 Å². The second kappa shape index (κ2) is 7.82. The summed E-state index contributed by atoms with van der Waals surface area (Å²) >= 11 is 3.28. The van der Waals surface area contributed by atoms with Gasteiger partial charge in [-0.05, 0) is 11.4 Å². The van der Waals surface area contributed by atoms with Gasteiger partial charge in [-0.1, -0.05) is 0 Å². The minimum atomic E-state index is 0.146. The summed E-state index contributed by atoms with van der Waals surface area (Å²) < 4.78 is 5.39. The van der Waals surface area contributed by atoms with Gasteiger partial charge in [0.2, 0.25) is 0 Å². The monoisotopic (exact) mass is 378 g/mol. The maximum Gasteiger partial charge on any atom is 0.254 e. The fourth-order valence-electron chi connectivity index (χ4n) is 3.17. The van der Waals surface area contributed by atoms with E-state index in [-0.39, 0.29) is 5.91 Å². The van der Waals surface area contributed by atoms with Crippen molar-refractivity contribution in [3.63, 3.8) is 0 Å². The zero-order chi connectivity index (χ0) is 17.1. The van der Waals surface area contributed by atoms with Gasteiger partial charge in [0.1, 0.15) is 0 Å². The minimum Gasteiger partial charge on any atom is -0.379 e. The molecule has 0 radical (unpaired) electrons. The van der Waals surface area contributed by atoms with Crippen LogP contribution in [0, 0.1) is 0 Å². The van der Waals surface area contributed by atoms with Crippen molar-refractivity contribution >= 4 is 33.7 Å². The van der Waals surface area contributed by atoms with Crippen molar-refractivity contribution in [2.75, 3.05) is 57.4 Å². The summed E-state index contributed by atoms with van der Waals surface area (Å²) in [5, 5.41) is 7.11. The van der Waals surface area contributed by atoms with E-state index < -0.39 is 0 Å². The molecule has 2 aromatic heterocycles. The largest absolute Gasteiger partial charge is 0.379 e. The number of amides is 1. The van der Waals surface area contributed by atoms with E-state index >= 15 is 0 Å². The van der Waals surface area contributed by atoms with Crippen LogP contribution in [0.25, 0.3) is 0 Å². The van der Waals surface area contributed by atoms with Gasteiger partial charge in [-0.25, -0.2) is 4.98 Å². The molecule has 8 heteroatoms. The second-order valence-corrected chi connectivity index (χ2v) is 7.92. The Balaban J connectivity index is 1.31. The highest BCUT2D eigenvalue weighted by atomic mass is 32.1. The predicted octanol–water partition coefficient (Wildman–Crippen LogP) is 2.00. The van der Waals surface area contributed by atoms with Crippen LogP contribution < -0.4 is 4.90 Å². The third-order valence-electron chi connectivity index (χ3n) is 4.63. The zero-order valence-corrected chi connectivity index (χ0v) is 15.7. The standard InChI is InChI=1S/C17H22N4O2S2/c22-16(14-1-10-24-12-14)20-2-4-21(5-3-20)17-18-15(13-25-17)11-19-6-8-23-9-7-19/h1,10,12-13H,2-9,11H2. The van der Waals surface area contributed by atoms with Gasteiger partial charge in [0, 0.05) is 56.6 Å². The van der Waals surface area contributed by atoms with Gasteiger partial charge in [-0.15, -0.1) is 11.3 Å². The number of hydrogen-bond acceptors (Lipinski definition) is 7. The molecule has 6 nitrogen and oxygen atoms in total. The van der Waals surface area contributed by atoms with E-state index in [1.165, 1.54) is 0 Å². The highest BCUT2D eigenvalue weighted by molar-refractivity contribution is 7.13. The number of ether oxygens (including phenoxy) is 1. The summed E-state index contributed by atoms with van der Waals surface area (Å²) in [4.78, 5) is 23.9. The average molecular weight is 379 g/mol. The lowest BCUT2D eigenvalue weighted by atomic mass is 10.2. The number of nitrogens with zero attached hydrogens (tertiary/aromatic N) is 4. The third-order valence-corrected chi connectivity index (χ3v) is 6.27. The molecular weight excluding hydrogens is 356 g/mol. The van der Waals surface area contributed by atoms with E-state index in [4.69, 9.17) is 9.72 Å². The molecule has 0 N–H and O–H groups in total. The van der Waals surface area contributed by atoms with Gasteiger partial charge >= 0.3 is 0 Å². The van der Waals surface area contributed by atoms with Gasteiger partial charge in [0.15, 0.2) is 5.13 Å². The molecule has 0 saturated carbocycles. The molecule has 0 aliphatic carbocycles. The van der Waals surface area contributed by atoms with Crippen LogP contribution in [0.2, 0.25) is 0 Å². The van der Waals surface area contributed by atoms with Gasteiger partial charge in [0.05, 0.1) is 24.5 Å². The van der Waals surface area contributed by atoms with Crippen molar-refractivity contribution in [3.8, 4) is 0 Å². The topological polar surface area (TPSA) is 48.9 Å². The number of hydrogen-bond donors (Lipinski definition) is 0. The molecule has 2 saturated heterocycles. The number of piperazine rings is 1. The third kappa shape index (κ3) is 4.03. The Morgan fingerprint density at radius 2 is 1.92 bits per heavy atom. The molecule has 2 aromatic rings. The average Bonchev–Trinajstić information content (AvgIpc) is 3.34. The highest BCUT2D eigenvalue weighted by Crippen LogP contribution is 2.23. The quantitative estimate of drug-likeness (QED) is 0.814. The molecule has 4 rings (SSSR count). The number of thiophene rings is 1. The molecular formula is C17H22N4O2S2. The summed E-state index contributed by atoms with van der Waals surface area (Å²) in [6, 6.07) is 1.90. The molecule has 0 aromatic carbocycles. The SMILES string of the molecule is O=C(c1ccsc1)N1CCN(c2nc(CN3CCOCC3)cs2)CC1. The van der Waals surface area contributed by atoms with Crippen LogP contribution in [0.4, 0.5) is 5.13 Å². The van der Waals surface area contributed by atoms with Gasteiger partial charge in [0.25, 0.3) is 5.91 Å². The Kier molecular flexibility index (Phi) is 5.30. The smallest absolute Gasteiger partial charge is 0.254 e. The Bertz CT molecular complexity index is 689. The van der Waals surface area contributed by atoms with Crippen molar-refractivity contribution in [2.24, 2.45) is 0 Å². The first-order valence-corrected chi connectivity index (χ1v) is 10.4. The summed E-state index contributed by atoms with van der Waals surface area (Å²) in [6.07, 6.45) is 0. The van der Waals surface area contributed by atoms with Gasteiger partial charge in [-0.2, -0.15) is 11.3 Å². The number of rotatable bonds is 4. The van der Waals surface area contributed by atoms with E-state index in [0.717, 1.165) is 75.4 Å². The lowest BCUT2D eigenvalue weighted by Crippen LogP contribution is -2.48. The molecule has 4 heterocycles. The lowest BCUT2D eigenvalue weighted by molar-refractivity contribution is 0.0337. The molecule has 0 atom stereocenters. The maximum atomic E-state index is 12.4. The molecule has 0 spiro atoms. The number of aromatic nitrogens is 1. The first kappa shape index (κ1) is 17.0. The van der Waals surface area contributed by atoms with Crippen LogP contribution in [-0.2, 0) is 11.3 Å². The number of carbonyl (C=O) groups is 1. The summed E-state index contributed by atoms with van der Waals surface area (Å²) in [6.45, 7) is 7.71. The van der Waals surface area contributed by atoms with E-state index in [1.807, 2.05) is 21.7 Å². The van der Waals surface area contributed by atoms with Crippen LogP contribution in [-0.4, -0.2) is 73.2 Å². The van der Waals surface area contributed by atoms with Gasteiger partial charge in [-0.3, -0.25) is 9.69 Å². The van der Waals surface area contributed by atoms with Crippen molar-refractivity contribution < 1.29 is 9.53 Å². The molecule has 2 aliphatic heterocycles. The van der Waals surface area contributed by atoms with E-state index in [2.05, 4.69) is 15.2 Å². The Labute approximate surface area is 155 Å². The fraction of sp³-hybridized carbons (Fsp3) is 0.529. The van der Waals surface area contributed by atoms with Crippen molar-refractivity contribution in [1.82, 2.24) is 14.8 Å². The molecule has 2 aliphatic rings. The van der Waals surface area contributed by atoms with Crippen molar-refractivity contribution in [2.45, 2.75) is 6.54 Å². The number of morpholine rings is 1. The van der Waals surface area contributed by atoms with Crippen LogP contribution in [0.5, 0.6) is 0 Å². The minimum absolute atomic E-state index is 0.146. The van der Waals surface area contributed by atoms with Gasteiger partial charge < -0.3 is 14.5 Å². The second-order valence-electron chi connectivity index (χ2n) is 6.30. The van der Waals surface area contributed by atoms with E-state index in [1.54, 1.807) is 22.7 Å². The van der Waals surface area contributed by atoms with E-state index in [9.17, 15) is 4.79 Å². The number of carbonyl (C=O) groups excluding carboxylic acids is 1. The zero-order valence-electron chi connectivity index (χ0n) is 14.1.